The standard InChI is InChI=1S/C28H25F3N4O4/c1-34(22-9-13-25(14-10-22)39-24-11-7-20(8-12-24)28(29,30)31)27(37)19-35-18-21(17-32-35)33-26(36)15-16-38-23-5-3-2-4-6-23/h2-14,17-18H,15-16,19H2,1H3,(H,33,36). The molecule has 2 amide bonds. The minimum atomic E-state index is -4.42. The molecular weight excluding hydrogens is 513 g/mol. The highest BCUT2D eigenvalue weighted by Crippen LogP contribution is 2.31. The van der Waals surface area contributed by atoms with E-state index in [4.69, 9.17) is 9.47 Å². The Hall–Kier alpha value is -4.80. The molecule has 0 aliphatic heterocycles. The lowest BCUT2D eigenvalue weighted by molar-refractivity contribution is -0.137. The van der Waals surface area contributed by atoms with Gasteiger partial charge in [-0.05, 0) is 60.7 Å². The Labute approximate surface area is 222 Å². The van der Waals surface area contributed by atoms with Crippen molar-refractivity contribution in [2.24, 2.45) is 0 Å². The summed E-state index contributed by atoms with van der Waals surface area (Å²) >= 11 is 0. The Bertz CT molecular complexity index is 1390. The van der Waals surface area contributed by atoms with Crippen molar-refractivity contribution in [2.75, 3.05) is 23.9 Å². The highest BCUT2D eigenvalue weighted by molar-refractivity contribution is 5.93. The SMILES string of the molecule is CN(C(=O)Cn1cc(NC(=O)CCOc2ccccc2)cn1)c1ccc(Oc2ccc(C(F)(F)F)cc2)cc1. The van der Waals surface area contributed by atoms with E-state index in [1.54, 1.807) is 37.5 Å². The third-order valence-electron chi connectivity index (χ3n) is 5.57. The fourth-order valence-corrected chi connectivity index (χ4v) is 3.49. The molecule has 4 rings (SSSR count). The molecule has 11 heteroatoms. The van der Waals surface area contributed by atoms with Crippen molar-refractivity contribution < 1.29 is 32.2 Å². The Balaban J connectivity index is 1.25. The first-order valence-electron chi connectivity index (χ1n) is 11.9. The summed E-state index contributed by atoms with van der Waals surface area (Å²) in [6, 6.07) is 20.1. The van der Waals surface area contributed by atoms with E-state index in [9.17, 15) is 22.8 Å². The Morgan fingerprint density at radius 3 is 2.21 bits per heavy atom. The summed E-state index contributed by atoms with van der Waals surface area (Å²) in [6.45, 7) is 0.161. The molecule has 1 heterocycles. The van der Waals surface area contributed by atoms with Crippen molar-refractivity contribution in [3.63, 3.8) is 0 Å². The molecule has 0 unspecified atom stereocenters. The van der Waals surface area contributed by atoms with Gasteiger partial charge in [0.05, 0.1) is 30.5 Å². The number of para-hydroxylation sites is 1. The van der Waals surface area contributed by atoms with E-state index in [0.717, 1.165) is 12.1 Å². The molecule has 202 valence electrons. The number of likely N-dealkylation sites (N-methyl/N-ethyl adjacent to an activating group) is 1. The van der Waals surface area contributed by atoms with Crippen LogP contribution < -0.4 is 19.7 Å². The van der Waals surface area contributed by atoms with Crippen molar-refractivity contribution >= 4 is 23.2 Å². The number of nitrogens with one attached hydrogen (secondary N) is 1. The minimum absolute atomic E-state index is 0.0622. The molecule has 0 spiro atoms. The molecule has 0 aliphatic carbocycles. The maximum Gasteiger partial charge on any atom is 0.416 e. The van der Waals surface area contributed by atoms with Gasteiger partial charge in [-0.25, -0.2) is 0 Å². The van der Waals surface area contributed by atoms with Crippen LogP contribution in [0.15, 0.2) is 91.3 Å². The molecule has 1 aromatic heterocycles. The third kappa shape index (κ3) is 7.84. The van der Waals surface area contributed by atoms with Crippen molar-refractivity contribution in [1.29, 1.82) is 0 Å². The first kappa shape index (κ1) is 27.2. The highest BCUT2D eigenvalue weighted by Gasteiger charge is 2.30. The molecule has 0 radical (unpaired) electrons. The zero-order valence-electron chi connectivity index (χ0n) is 20.9. The van der Waals surface area contributed by atoms with Gasteiger partial charge in [-0.15, -0.1) is 0 Å². The van der Waals surface area contributed by atoms with E-state index in [-0.39, 0.29) is 37.1 Å². The smallest absolute Gasteiger partial charge is 0.416 e. The number of rotatable bonds is 10. The highest BCUT2D eigenvalue weighted by atomic mass is 19.4. The fraction of sp³-hybridized carbons (Fsp3) is 0.179. The maximum atomic E-state index is 12.7. The number of hydrogen-bond acceptors (Lipinski definition) is 5. The molecule has 0 saturated carbocycles. The van der Waals surface area contributed by atoms with Crippen molar-refractivity contribution in [3.8, 4) is 17.2 Å². The monoisotopic (exact) mass is 538 g/mol. The number of anilines is 2. The molecule has 0 fully saturated rings. The summed E-state index contributed by atoms with van der Waals surface area (Å²) in [6.07, 6.45) is -1.25. The van der Waals surface area contributed by atoms with Crippen LogP contribution in [0.5, 0.6) is 17.2 Å². The molecule has 0 saturated heterocycles. The first-order valence-corrected chi connectivity index (χ1v) is 11.9. The fourth-order valence-electron chi connectivity index (χ4n) is 3.49. The number of hydrogen-bond donors (Lipinski definition) is 1. The van der Waals surface area contributed by atoms with Crippen LogP contribution in [0.2, 0.25) is 0 Å². The molecule has 0 aliphatic rings. The number of halogens is 3. The van der Waals surface area contributed by atoms with Crippen LogP contribution in [-0.4, -0.2) is 35.2 Å². The molecule has 1 N–H and O–H groups in total. The van der Waals surface area contributed by atoms with Gasteiger partial charge < -0.3 is 19.7 Å². The summed E-state index contributed by atoms with van der Waals surface area (Å²) in [7, 11) is 1.60. The summed E-state index contributed by atoms with van der Waals surface area (Å²) in [4.78, 5) is 26.3. The summed E-state index contributed by atoms with van der Waals surface area (Å²) in [5, 5.41) is 6.85. The maximum absolute atomic E-state index is 12.7. The predicted molar refractivity (Wildman–Crippen MR) is 139 cm³/mol. The number of carbonyl (C=O) groups excluding carboxylic acids is 2. The van der Waals surface area contributed by atoms with E-state index >= 15 is 0 Å². The first-order chi connectivity index (χ1) is 18.7. The second-order valence-corrected chi connectivity index (χ2v) is 8.46. The van der Waals surface area contributed by atoms with Gasteiger partial charge in [0, 0.05) is 18.9 Å². The van der Waals surface area contributed by atoms with Gasteiger partial charge in [0.2, 0.25) is 11.8 Å². The number of ether oxygens (including phenoxy) is 2. The van der Waals surface area contributed by atoms with Crippen LogP contribution in [0.25, 0.3) is 0 Å². The zero-order chi connectivity index (χ0) is 27.8. The largest absolute Gasteiger partial charge is 0.493 e. The van der Waals surface area contributed by atoms with E-state index < -0.39 is 11.7 Å². The average Bonchev–Trinajstić information content (AvgIpc) is 3.35. The number of carbonyl (C=O) groups is 2. The quantitative estimate of drug-likeness (QED) is 0.277. The molecule has 3 aromatic carbocycles. The molecule has 0 bridgehead atoms. The second kappa shape index (κ2) is 12.2. The lowest BCUT2D eigenvalue weighted by Gasteiger charge is -2.18. The Morgan fingerprint density at radius 2 is 1.56 bits per heavy atom. The second-order valence-electron chi connectivity index (χ2n) is 8.46. The van der Waals surface area contributed by atoms with Gasteiger partial charge in [-0.3, -0.25) is 14.3 Å². The van der Waals surface area contributed by atoms with Crippen LogP contribution in [-0.2, 0) is 22.3 Å². The lowest BCUT2D eigenvalue weighted by Crippen LogP contribution is -2.30. The van der Waals surface area contributed by atoms with Crippen molar-refractivity contribution in [3.05, 3.63) is 96.8 Å². The normalized spacial score (nSPS) is 11.1. The van der Waals surface area contributed by atoms with E-state index in [2.05, 4.69) is 10.4 Å². The summed E-state index contributed by atoms with van der Waals surface area (Å²) in [5.41, 5.74) is 0.282. The molecule has 39 heavy (non-hydrogen) atoms. The number of amides is 2. The Kier molecular flexibility index (Phi) is 8.50. The van der Waals surface area contributed by atoms with Gasteiger partial charge in [0.15, 0.2) is 0 Å². The summed E-state index contributed by atoms with van der Waals surface area (Å²) in [5.74, 6) is 0.838. The average molecular weight is 539 g/mol. The molecular formula is C28H25F3N4O4. The van der Waals surface area contributed by atoms with Crippen LogP contribution in [0.4, 0.5) is 24.5 Å². The number of aromatic nitrogens is 2. The number of benzene rings is 3. The van der Waals surface area contributed by atoms with Crippen molar-refractivity contribution in [1.82, 2.24) is 9.78 Å². The number of alkyl halides is 3. The van der Waals surface area contributed by atoms with Gasteiger partial charge >= 0.3 is 6.18 Å². The summed E-state index contributed by atoms with van der Waals surface area (Å²) < 4.78 is 50.7. The third-order valence-corrected chi connectivity index (χ3v) is 5.57. The predicted octanol–water partition coefficient (Wildman–Crippen LogP) is 5.76. The van der Waals surface area contributed by atoms with E-state index in [1.165, 1.54) is 27.9 Å². The van der Waals surface area contributed by atoms with Crippen LogP contribution in [0.1, 0.15) is 12.0 Å². The van der Waals surface area contributed by atoms with E-state index in [0.29, 0.717) is 22.9 Å². The Morgan fingerprint density at radius 1 is 0.923 bits per heavy atom. The molecule has 0 atom stereocenters. The van der Waals surface area contributed by atoms with Crippen LogP contribution in [0, 0.1) is 0 Å². The van der Waals surface area contributed by atoms with Gasteiger partial charge in [0.1, 0.15) is 23.8 Å². The van der Waals surface area contributed by atoms with Gasteiger partial charge in [0.25, 0.3) is 0 Å². The number of nitrogens with zero attached hydrogens (tertiary/aromatic N) is 3. The van der Waals surface area contributed by atoms with E-state index in [1.807, 2.05) is 30.3 Å². The molecule has 4 aromatic rings. The van der Waals surface area contributed by atoms with Crippen molar-refractivity contribution in [2.45, 2.75) is 19.1 Å². The van der Waals surface area contributed by atoms with Crippen LogP contribution in [0.3, 0.4) is 0 Å². The topological polar surface area (TPSA) is 85.7 Å². The van der Waals surface area contributed by atoms with Crippen LogP contribution >= 0.6 is 0 Å². The lowest BCUT2D eigenvalue weighted by atomic mass is 10.2. The minimum Gasteiger partial charge on any atom is -0.493 e. The van der Waals surface area contributed by atoms with Gasteiger partial charge in [-0.1, -0.05) is 18.2 Å². The van der Waals surface area contributed by atoms with Gasteiger partial charge in [-0.2, -0.15) is 18.3 Å². The molecule has 8 nitrogen and oxygen atoms in total. The zero-order valence-corrected chi connectivity index (χ0v) is 20.9.